The van der Waals surface area contributed by atoms with Crippen molar-refractivity contribution in [3.63, 3.8) is 0 Å². The van der Waals surface area contributed by atoms with Gasteiger partial charge in [-0.15, -0.1) is 0 Å². The molecule has 9 nitrogen and oxygen atoms in total. The van der Waals surface area contributed by atoms with Gasteiger partial charge in [0.25, 0.3) is 0 Å². The number of aryl methyl sites for hydroxylation is 1. The third-order valence-corrected chi connectivity index (χ3v) is 5.28. The highest BCUT2D eigenvalue weighted by molar-refractivity contribution is 7.88. The minimum Gasteiger partial charge on any atom is -0.508 e. The normalized spacial score (nSPS) is 11.1. The molecule has 0 unspecified atom stereocenters. The van der Waals surface area contributed by atoms with Crippen LogP contribution >= 0.6 is 0 Å². The van der Waals surface area contributed by atoms with Crippen LogP contribution in [0.4, 0.5) is 16.2 Å². The monoisotopic (exact) mass is 449 g/mol. The summed E-state index contributed by atoms with van der Waals surface area (Å²) in [6.45, 7) is 5.11. The van der Waals surface area contributed by atoms with E-state index in [2.05, 4.69) is 10.0 Å². The van der Waals surface area contributed by atoms with Gasteiger partial charge in [0.15, 0.2) is 0 Å². The fraction of sp³-hybridized carbons (Fsp3) is 0.333. The fourth-order valence-corrected chi connectivity index (χ4v) is 3.40. The topological polar surface area (TPSA) is 125 Å². The summed E-state index contributed by atoms with van der Waals surface area (Å²) in [4.78, 5) is 25.3. The summed E-state index contributed by atoms with van der Waals surface area (Å²) >= 11 is 0. The van der Waals surface area contributed by atoms with Crippen molar-refractivity contribution in [1.29, 1.82) is 0 Å². The third kappa shape index (κ3) is 7.58. The first-order valence-electron chi connectivity index (χ1n) is 9.64. The number of hydrogen-bond donors (Lipinski definition) is 3. The molecule has 0 aliphatic heterocycles. The van der Waals surface area contributed by atoms with Gasteiger partial charge >= 0.3 is 6.09 Å². The molecule has 168 valence electrons. The quantitative estimate of drug-likeness (QED) is 0.476. The molecule has 0 saturated carbocycles. The molecule has 2 aromatic carbocycles. The number of anilines is 2. The first-order chi connectivity index (χ1) is 14.6. The molecule has 31 heavy (non-hydrogen) atoms. The zero-order chi connectivity index (χ0) is 23.0. The van der Waals surface area contributed by atoms with Crippen molar-refractivity contribution in [1.82, 2.24) is 4.72 Å². The lowest BCUT2D eigenvalue weighted by Gasteiger charge is -2.24. The number of nitrogens with zero attached hydrogens (tertiary/aromatic N) is 1. The van der Waals surface area contributed by atoms with Crippen LogP contribution < -0.4 is 14.9 Å². The molecule has 0 fully saturated rings. The van der Waals surface area contributed by atoms with Gasteiger partial charge in [-0.25, -0.2) is 17.9 Å². The lowest BCUT2D eigenvalue weighted by molar-refractivity contribution is 0.111. The van der Waals surface area contributed by atoms with E-state index in [9.17, 15) is 23.1 Å². The Morgan fingerprint density at radius 1 is 1.23 bits per heavy atom. The number of nitrogens with one attached hydrogen (secondary N) is 2. The Kier molecular flexibility index (Phi) is 8.40. The number of aromatic hydroxyl groups is 1. The van der Waals surface area contributed by atoms with E-state index in [1.54, 1.807) is 6.07 Å². The van der Waals surface area contributed by atoms with Gasteiger partial charge in [-0.2, -0.15) is 0 Å². The molecule has 2 rings (SSSR count). The van der Waals surface area contributed by atoms with Gasteiger partial charge < -0.3 is 14.7 Å². The van der Waals surface area contributed by atoms with E-state index in [1.165, 1.54) is 18.2 Å². The second-order valence-electron chi connectivity index (χ2n) is 6.95. The van der Waals surface area contributed by atoms with Crippen LogP contribution in [0.2, 0.25) is 0 Å². The molecular weight excluding hydrogens is 422 g/mol. The van der Waals surface area contributed by atoms with Crippen molar-refractivity contribution < 1.29 is 27.9 Å². The summed E-state index contributed by atoms with van der Waals surface area (Å²) in [5, 5.41) is 12.2. The maximum atomic E-state index is 12.2. The number of carbonyl (C=O) groups excluding carboxylic acids is 2. The van der Waals surface area contributed by atoms with Crippen molar-refractivity contribution in [3.8, 4) is 5.75 Å². The molecule has 0 bridgehead atoms. The highest BCUT2D eigenvalue weighted by Gasteiger charge is 2.12. The van der Waals surface area contributed by atoms with E-state index in [4.69, 9.17) is 4.74 Å². The van der Waals surface area contributed by atoms with E-state index in [0.29, 0.717) is 36.2 Å². The number of phenolic OH excluding ortho intramolecular Hbond substituents is 1. The number of likely N-dealkylation sites (N-methyl/N-ethyl adjacent to an activating group) is 1. The lowest BCUT2D eigenvalue weighted by Crippen LogP contribution is -2.34. The number of rotatable bonds is 10. The number of aldehydes is 1. The zero-order valence-electron chi connectivity index (χ0n) is 17.7. The number of phenols is 1. The highest BCUT2D eigenvalue weighted by Crippen LogP contribution is 2.23. The maximum absolute atomic E-state index is 12.2. The Morgan fingerprint density at radius 2 is 1.97 bits per heavy atom. The third-order valence-electron chi connectivity index (χ3n) is 4.55. The molecule has 0 heterocycles. The van der Waals surface area contributed by atoms with Crippen LogP contribution in [0.15, 0.2) is 36.4 Å². The van der Waals surface area contributed by atoms with Crippen molar-refractivity contribution in [3.05, 3.63) is 53.1 Å². The molecule has 0 atom stereocenters. The molecule has 10 heteroatoms. The molecule has 0 aliphatic carbocycles. The average Bonchev–Trinajstić information content (AvgIpc) is 2.70. The zero-order valence-corrected chi connectivity index (χ0v) is 18.5. The number of ether oxygens (including phenoxy) is 1. The molecule has 2 aromatic rings. The summed E-state index contributed by atoms with van der Waals surface area (Å²) < 4.78 is 30.1. The number of amides is 1. The minimum absolute atomic E-state index is 0.0248. The van der Waals surface area contributed by atoms with E-state index < -0.39 is 16.1 Å². The largest absolute Gasteiger partial charge is 0.508 e. The first-order valence-corrected chi connectivity index (χ1v) is 11.5. The molecule has 0 aliphatic rings. The molecular formula is C21H27N3O6S. The Morgan fingerprint density at radius 3 is 2.58 bits per heavy atom. The summed E-state index contributed by atoms with van der Waals surface area (Å²) in [6, 6.07) is 9.66. The van der Waals surface area contributed by atoms with Crippen molar-refractivity contribution in [2.75, 3.05) is 36.1 Å². The smallest absolute Gasteiger partial charge is 0.411 e. The molecule has 0 radical (unpaired) electrons. The minimum atomic E-state index is -3.24. The van der Waals surface area contributed by atoms with Gasteiger partial charge in [-0.05, 0) is 55.8 Å². The molecule has 1 amide bonds. The maximum Gasteiger partial charge on any atom is 0.411 e. The summed E-state index contributed by atoms with van der Waals surface area (Å²) in [7, 11) is -3.24. The van der Waals surface area contributed by atoms with Crippen LogP contribution in [-0.2, 0) is 21.4 Å². The van der Waals surface area contributed by atoms with Crippen LogP contribution in [0, 0.1) is 6.92 Å². The number of benzene rings is 2. The SMILES string of the molecule is CCN(CCNS(C)(=O)=O)c1ccc(NC(=O)OCc2cc(O)ccc2C=O)c(C)c1. The Labute approximate surface area is 182 Å². The molecule has 0 saturated heterocycles. The van der Waals surface area contributed by atoms with E-state index in [-0.39, 0.29) is 18.9 Å². The van der Waals surface area contributed by atoms with E-state index >= 15 is 0 Å². The summed E-state index contributed by atoms with van der Waals surface area (Å²) in [6.07, 6.45) is 1.05. The second-order valence-corrected chi connectivity index (χ2v) is 8.78. The number of hydrogen-bond acceptors (Lipinski definition) is 7. The molecule has 3 N–H and O–H groups in total. The van der Waals surface area contributed by atoms with Crippen LogP contribution in [0.5, 0.6) is 5.75 Å². The van der Waals surface area contributed by atoms with Gasteiger partial charge in [-0.1, -0.05) is 0 Å². The lowest BCUT2D eigenvalue weighted by atomic mass is 10.1. The van der Waals surface area contributed by atoms with E-state index in [1.807, 2.05) is 30.9 Å². The second kappa shape index (κ2) is 10.8. The van der Waals surface area contributed by atoms with Gasteiger partial charge in [0, 0.05) is 42.1 Å². The fourth-order valence-electron chi connectivity index (χ4n) is 2.94. The van der Waals surface area contributed by atoms with Crippen LogP contribution in [0.25, 0.3) is 0 Å². The van der Waals surface area contributed by atoms with Crippen LogP contribution in [0.1, 0.15) is 28.4 Å². The first kappa shape index (κ1) is 24.2. The van der Waals surface area contributed by atoms with Gasteiger partial charge in [-0.3, -0.25) is 10.1 Å². The standard InChI is InChI=1S/C21H27N3O6S/c1-4-24(10-9-22-31(3,28)29)18-6-8-20(15(2)11-18)23-21(27)30-14-17-12-19(26)7-5-16(17)13-25/h5-8,11-13,22,26H,4,9-10,14H2,1-3H3,(H,23,27). The average molecular weight is 450 g/mol. The number of carbonyl (C=O) groups is 2. The Bertz CT molecular complexity index is 1040. The van der Waals surface area contributed by atoms with Gasteiger partial charge in [0.05, 0.1) is 6.26 Å². The Balaban J connectivity index is 1.99. The predicted octanol–water partition coefficient (Wildman–Crippen LogP) is 2.64. The number of sulfonamides is 1. The molecule has 0 aromatic heterocycles. The van der Waals surface area contributed by atoms with E-state index in [0.717, 1.165) is 17.5 Å². The van der Waals surface area contributed by atoms with Crippen molar-refractivity contribution >= 4 is 33.8 Å². The highest BCUT2D eigenvalue weighted by atomic mass is 32.2. The Hall–Kier alpha value is -3.11. The van der Waals surface area contributed by atoms with Gasteiger partial charge in [0.1, 0.15) is 18.6 Å². The summed E-state index contributed by atoms with van der Waals surface area (Å²) in [5.41, 5.74) is 2.99. The van der Waals surface area contributed by atoms with Gasteiger partial charge in [0.2, 0.25) is 10.0 Å². The van der Waals surface area contributed by atoms with Crippen molar-refractivity contribution in [2.24, 2.45) is 0 Å². The summed E-state index contributed by atoms with van der Waals surface area (Å²) in [5.74, 6) is -0.0248. The van der Waals surface area contributed by atoms with Crippen LogP contribution in [0.3, 0.4) is 0 Å². The van der Waals surface area contributed by atoms with Crippen LogP contribution in [-0.4, -0.2) is 51.8 Å². The molecule has 0 spiro atoms. The predicted molar refractivity (Wildman–Crippen MR) is 119 cm³/mol. The van der Waals surface area contributed by atoms with Crippen molar-refractivity contribution in [2.45, 2.75) is 20.5 Å².